The molecule has 7 nitrogen and oxygen atoms in total. The van der Waals surface area contributed by atoms with Gasteiger partial charge in [0.15, 0.2) is 9.84 Å². The molecule has 1 unspecified atom stereocenters. The third kappa shape index (κ3) is 5.28. The summed E-state index contributed by atoms with van der Waals surface area (Å²) in [7, 11) is -2.97. The number of thiophene rings is 1. The molecule has 1 N–H and O–H groups in total. The van der Waals surface area contributed by atoms with Crippen LogP contribution in [-0.2, 0) is 26.5 Å². The highest BCUT2D eigenvalue weighted by molar-refractivity contribution is 7.92. The quantitative estimate of drug-likeness (QED) is 0.369. The van der Waals surface area contributed by atoms with Crippen LogP contribution in [0.2, 0.25) is 0 Å². The summed E-state index contributed by atoms with van der Waals surface area (Å²) in [6, 6.07) is 9.92. The van der Waals surface area contributed by atoms with Crippen LogP contribution in [0.3, 0.4) is 0 Å². The summed E-state index contributed by atoms with van der Waals surface area (Å²) in [5.41, 5.74) is 5.70. The highest BCUT2D eigenvalue weighted by atomic mass is 32.2. The maximum absolute atomic E-state index is 13.9. The van der Waals surface area contributed by atoms with Gasteiger partial charge in [-0.3, -0.25) is 9.69 Å². The molecule has 0 spiro atoms. The summed E-state index contributed by atoms with van der Waals surface area (Å²) in [6.45, 7) is 12.9. The summed E-state index contributed by atoms with van der Waals surface area (Å²) in [5.74, 6) is 0.631. The Kier molecular flexibility index (Phi) is 7.55. The van der Waals surface area contributed by atoms with Crippen LogP contribution in [-0.4, -0.2) is 89.9 Å². The zero-order valence-electron chi connectivity index (χ0n) is 26.1. The first-order valence-corrected chi connectivity index (χ1v) is 18.8. The average Bonchev–Trinajstić information content (AvgIpc) is 3.78. The zero-order valence-corrected chi connectivity index (χ0v) is 27.7. The van der Waals surface area contributed by atoms with E-state index in [1.54, 1.807) is 11.3 Å². The number of aryl methyl sites for hydroxylation is 2. The fraction of sp³-hybridized carbons (Fsp3) is 0.618. The van der Waals surface area contributed by atoms with Crippen molar-refractivity contribution < 1.29 is 13.2 Å². The summed E-state index contributed by atoms with van der Waals surface area (Å²) in [4.78, 5) is 27.0. The molecule has 9 heteroatoms. The number of rotatable bonds is 7. The van der Waals surface area contributed by atoms with Crippen molar-refractivity contribution in [2.75, 3.05) is 38.5 Å². The largest absolute Gasteiger partial charge is 0.346 e. The molecule has 3 aromatic rings. The second-order valence-corrected chi connectivity index (χ2v) is 17.4. The Hall–Kier alpha value is -2.20. The van der Waals surface area contributed by atoms with Gasteiger partial charge in [-0.25, -0.2) is 8.42 Å². The molecular formula is C34H46N4O3S2. The van der Waals surface area contributed by atoms with Crippen LogP contribution < -0.4 is 0 Å². The lowest BCUT2D eigenvalue weighted by molar-refractivity contribution is -0.137. The maximum Gasteiger partial charge on any atom is 0.233 e. The number of piperazine rings is 1. The van der Waals surface area contributed by atoms with E-state index in [9.17, 15) is 13.2 Å². The molecule has 0 saturated carbocycles. The SMILES string of the molecule is Cc1cc(C)cc(-c2[nH]c3sc(C(C)(C)C(=O)N4C5CCC4CC5)cc3c2CCN2CCN(C3CCCS3(=O)=O)CC2)c1. The third-order valence-electron chi connectivity index (χ3n) is 10.7. The number of nitrogens with one attached hydrogen (secondary N) is 1. The molecule has 2 aromatic heterocycles. The number of carbonyl (C=O) groups excluding carboxylic acids is 1. The van der Waals surface area contributed by atoms with Crippen LogP contribution in [0.1, 0.15) is 73.9 Å². The third-order valence-corrected chi connectivity index (χ3v) is 14.3. The molecule has 4 aliphatic heterocycles. The lowest BCUT2D eigenvalue weighted by atomic mass is 9.88. The van der Waals surface area contributed by atoms with Crippen LogP contribution >= 0.6 is 11.3 Å². The molecule has 43 heavy (non-hydrogen) atoms. The van der Waals surface area contributed by atoms with Crippen molar-refractivity contribution >= 4 is 37.3 Å². The minimum Gasteiger partial charge on any atom is -0.346 e. The number of aromatic nitrogens is 1. The lowest BCUT2D eigenvalue weighted by Crippen LogP contribution is -2.51. The van der Waals surface area contributed by atoms with E-state index in [2.05, 4.69) is 71.6 Å². The van der Waals surface area contributed by atoms with Crippen molar-refractivity contribution in [3.8, 4) is 11.3 Å². The van der Waals surface area contributed by atoms with E-state index >= 15 is 0 Å². The summed E-state index contributed by atoms with van der Waals surface area (Å²) >= 11 is 1.75. The maximum atomic E-state index is 13.9. The van der Waals surface area contributed by atoms with E-state index in [0.717, 1.165) is 87.4 Å². The van der Waals surface area contributed by atoms with E-state index in [4.69, 9.17) is 0 Å². The van der Waals surface area contributed by atoms with Gasteiger partial charge in [-0.15, -0.1) is 11.3 Å². The molecule has 4 aliphatic rings. The van der Waals surface area contributed by atoms with E-state index in [0.29, 0.717) is 23.7 Å². The molecule has 1 amide bonds. The van der Waals surface area contributed by atoms with Crippen LogP contribution in [0.25, 0.3) is 21.5 Å². The van der Waals surface area contributed by atoms with Crippen LogP contribution in [0.15, 0.2) is 24.3 Å². The number of amides is 1. The molecule has 0 radical (unpaired) electrons. The lowest BCUT2D eigenvalue weighted by Gasteiger charge is -2.37. The molecule has 1 aromatic carbocycles. The number of hydrogen-bond donors (Lipinski definition) is 1. The number of nitrogens with zero attached hydrogens (tertiary/aromatic N) is 3. The Bertz CT molecular complexity index is 1610. The number of aromatic amines is 1. The fourth-order valence-electron chi connectivity index (χ4n) is 8.37. The van der Waals surface area contributed by atoms with Gasteiger partial charge in [0.25, 0.3) is 0 Å². The second-order valence-electron chi connectivity index (χ2n) is 14.1. The van der Waals surface area contributed by atoms with Gasteiger partial charge in [0, 0.05) is 55.1 Å². The molecule has 0 aliphatic carbocycles. The second kappa shape index (κ2) is 11.0. The monoisotopic (exact) mass is 622 g/mol. The van der Waals surface area contributed by atoms with E-state index < -0.39 is 15.3 Å². The van der Waals surface area contributed by atoms with Crippen molar-refractivity contribution in [1.82, 2.24) is 19.7 Å². The molecular weight excluding hydrogens is 577 g/mol. The minimum atomic E-state index is -2.97. The Morgan fingerprint density at radius 2 is 1.60 bits per heavy atom. The minimum absolute atomic E-state index is 0.277. The van der Waals surface area contributed by atoms with Gasteiger partial charge in [0.1, 0.15) is 10.2 Å². The standard InChI is InChI=1S/C34H46N4O3S2/c1-22-18-23(2)20-24(19-22)31-27(11-12-36-13-15-37(16-14-36)30-6-5-17-43(30,40)41)28-21-29(42-32(28)35-31)34(3,4)33(39)38-25-7-8-26(38)10-9-25/h18-21,25-26,30,35H,5-17H2,1-4H3. The first-order chi connectivity index (χ1) is 20.5. The molecule has 6 heterocycles. The van der Waals surface area contributed by atoms with Gasteiger partial charge in [0.05, 0.1) is 16.9 Å². The van der Waals surface area contributed by atoms with Crippen LogP contribution in [0.5, 0.6) is 0 Å². The Labute approximate surface area is 260 Å². The average molecular weight is 623 g/mol. The molecule has 232 valence electrons. The molecule has 4 saturated heterocycles. The van der Waals surface area contributed by atoms with Crippen molar-refractivity contribution in [1.29, 1.82) is 0 Å². The van der Waals surface area contributed by atoms with Crippen LogP contribution in [0.4, 0.5) is 0 Å². The first kappa shape index (κ1) is 29.5. The molecule has 4 fully saturated rings. The summed E-state index contributed by atoms with van der Waals surface area (Å²) in [5, 5.41) is 0.969. The molecule has 2 bridgehead atoms. The van der Waals surface area contributed by atoms with Crippen molar-refractivity contribution in [3.63, 3.8) is 0 Å². The zero-order chi connectivity index (χ0) is 30.1. The van der Waals surface area contributed by atoms with E-state index in [1.807, 2.05) is 0 Å². The first-order valence-electron chi connectivity index (χ1n) is 16.3. The highest BCUT2D eigenvalue weighted by Crippen LogP contribution is 2.44. The summed E-state index contributed by atoms with van der Waals surface area (Å²) in [6.07, 6.45) is 7.11. The smallest absolute Gasteiger partial charge is 0.233 e. The Balaban J connectivity index is 1.15. The fourth-order valence-corrected chi connectivity index (χ4v) is 11.6. The van der Waals surface area contributed by atoms with Gasteiger partial charge >= 0.3 is 0 Å². The number of fused-ring (bicyclic) bond motifs is 3. The number of benzene rings is 1. The van der Waals surface area contributed by atoms with Crippen LogP contribution in [0, 0.1) is 13.8 Å². The Morgan fingerprint density at radius 3 is 2.21 bits per heavy atom. The number of sulfone groups is 1. The van der Waals surface area contributed by atoms with Gasteiger partial charge in [0.2, 0.25) is 5.91 Å². The van der Waals surface area contributed by atoms with Crippen molar-refractivity contribution in [2.45, 2.75) is 95.5 Å². The molecule has 1 atom stereocenters. The predicted molar refractivity (Wildman–Crippen MR) is 176 cm³/mol. The van der Waals surface area contributed by atoms with Crippen molar-refractivity contribution in [2.24, 2.45) is 0 Å². The van der Waals surface area contributed by atoms with Gasteiger partial charge < -0.3 is 14.8 Å². The summed E-state index contributed by atoms with van der Waals surface area (Å²) < 4.78 is 25.0. The van der Waals surface area contributed by atoms with Gasteiger partial charge in [-0.05, 0) is 102 Å². The predicted octanol–water partition coefficient (Wildman–Crippen LogP) is 5.64. The number of hydrogen-bond acceptors (Lipinski definition) is 6. The number of carbonyl (C=O) groups is 1. The topological polar surface area (TPSA) is 76.7 Å². The van der Waals surface area contributed by atoms with E-state index in [1.165, 1.54) is 33.3 Å². The Morgan fingerprint density at radius 1 is 0.953 bits per heavy atom. The normalized spacial score (nSPS) is 26.2. The van der Waals surface area contributed by atoms with E-state index in [-0.39, 0.29) is 5.37 Å². The highest BCUT2D eigenvalue weighted by Gasteiger charge is 2.47. The molecule has 7 rings (SSSR count). The van der Waals surface area contributed by atoms with Gasteiger partial charge in [-0.2, -0.15) is 0 Å². The van der Waals surface area contributed by atoms with Gasteiger partial charge in [-0.1, -0.05) is 17.2 Å². The number of H-pyrrole nitrogens is 1. The van der Waals surface area contributed by atoms with Crippen molar-refractivity contribution in [3.05, 3.63) is 45.8 Å².